The molecule has 4 rings (SSSR count). The average Bonchev–Trinajstić information content (AvgIpc) is 2.99. The first-order valence-electron chi connectivity index (χ1n) is 13.1. The summed E-state index contributed by atoms with van der Waals surface area (Å²) >= 11 is 0. The molecule has 0 spiro atoms. The van der Waals surface area contributed by atoms with E-state index in [1.807, 2.05) is 42.5 Å². The second kappa shape index (κ2) is 11.7. The van der Waals surface area contributed by atoms with Gasteiger partial charge in [-0.1, -0.05) is 63.8 Å². The molecule has 1 aliphatic carbocycles. The highest BCUT2D eigenvalue weighted by Gasteiger charge is 2.31. The average molecular weight is 462 g/mol. The van der Waals surface area contributed by atoms with Gasteiger partial charge in [-0.15, -0.1) is 0 Å². The van der Waals surface area contributed by atoms with Crippen LogP contribution in [0, 0.1) is 11.8 Å². The van der Waals surface area contributed by atoms with Crippen molar-refractivity contribution in [2.24, 2.45) is 11.8 Å². The second-order valence-corrected chi connectivity index (χ2v) is 9.83. The number of unbranched alkanes of at least 4 members (excludes halogenated alkanes) is 1. The first-order valence-corrected chi connectivity index (χ1v) is 13.1. The quantitative estimate of drug-likeness (QED) is 0.427. The summed E-state index contributed by atoms with van der Waals surface area (Å²) in [5, 5.41) is 2.98. The van der Waals surface area contributed by atoms with Crippen LogP contribution < -0.4 is 10.2 Å². The lowest BCUT2D eigenvalue weighted by molar-refractivity contribution is -0.119. The molecule has 2 amide bonds. The Labute approximate surface area is 204 Å². The van der Waals surface area contributed by atoms with Gasteiger partial charge in [-0.3, -0.25) is 14.5 Å². The van der Waals surface area contributed by atoms with Crippen molar-refractivity contribution in [3.63, 3.8) is 0 Å². The fourth-order valence-corrected chi connectivity index (χ4v) is 5.59. The number of para-hydroxylation sites is 3. The maximum Gasteiger partial charge on any atom is 0.257 e. The van der Waals surface area contributed by atoms with Crippen LogP contribution >= 0.6 is 0 Å². The highest BCUT2D eigenvalue weighted by molar-refractivity contribution is 6.17. The standard InChI is InChI=1S/C29H39N3O2/c1-3-31(4-2)20-10-9-11-22-16-18-23(19-17-22)21-28(33)32-26-14-7-5-12-24(26)29(34)30-25-13-6-8-15-27(25)32/h5-8,12-15,22-23H,3-4,9-11,16-21H2,1-2H3,(H,30,34). The minimum Gasteiger partial charge on any atom is -0.320 e. The summed E-state index contributed by atoms with van der Waals surface area (Å²) in [5.41, 5.74) is 2.66. The molecule has 34 heavy (non-hydrogen) atoms. The van der Waals surface area contributed by atoms with E-state index in [1.165, 1.54) is 38.6 Å². The minimum absolute atomic E-state index is 0.0825. The van der Waals surface area contributed by atoms with E-state index in [1.54, 1.807) is 11.0 Å². The molecule has 1 N–H and O–H groups in total. The molecular weight excluding hydrogens is 422 g/mol. The monoisotopic (exact) mass is 461 g/mol. The molecule has 5 nitrogen and oxygen atoms in total. The van der Waals surface area contributed by atoms with Gasteiger partial charge in [-0.05, 0) is 75.0 Å². The number of rotatable bonds is 9. The lowest BCUT2D eigenvalue weighted by Crippen LogP contribution is -2.29. The molecule has 1 saturated carbocycles. The molecular formula is C29H39N3O2. The maximum absolute atomic E-state index is 13.6. The van der Waals surface area contributed by atoms with Crippen LogP contribution in [0.2, 0.25) is 0 Å². The van der Waals surface area contributed by atoms with Crippen LogP contribution in [0.4, 0.5) is 17.1 Å². The van der Waals surface area contributed by atoms with E-state index in [4.69, 9.17) is 0 Å². The fraction of sp³-hybridized carbons (Fsp3) is 0.517. The Bertz CT molecular complexity index is 977. The van der Waals surface area contributed by atoms with E-state index in [0.29, 0.717) is 29.3 Å². The molecule has 0 aromatic heterocycles. The summed E-state index contributed by atoms with van der Waals surface area (Å²) in [5.74, 6) is 1.15. The largest absolute Gasteiger partial charge is 0.320 e. The SMILES string of the molecule is CCN(CC)CCCCC1CCC(CC(=O)N2c3ccccc3NC(=O)c3ccccc32)CC1. The van der Waals surface area contributed by atoms with Crippen molar-refractivity contribution in [1.29, 1.82) is 0 Å². The summed E-state index contributed by atoms with van der Waals surface area (Å²) in [6.45, 7) is 7.98. The Kier molecular flexibility index (Phi) is 8.39. The first-order chi connectivity index (χ1) is 16.6. The highest BCUT2D eigenvalue weighted by Crippen LogP contribution is 2.40. The Hall–Kier alpha value is -2.66. The molecule has 0 atom stereocenters. The van der Waals surface area contributed by atoms with Crippen molar-refractivity contribution < 1.29 is 9.59 Å². The van der Waals surface area contributed by atoms with E-state index >= 15 is 0 Å². The predicted octanol–water partition coefficient (Wildman–Crippen LogP) is 6.63. The smallest absolute Gasteiger partial charge is 0.257 e. The predicted molar refractivity (Wildman–Crippen MR) is 140 cm³/mol. The molecule has 182 valence electrons. The van der Waals surface area contributed by atoms with E-state index in [9.17, 15) is 9.59 Å². The third-order valence-electron chi connectivity index (χ3n) is 7.69. The number of hydrogen-bond donors (Lipinski definition) is 1. The molecule has 0 saturated heterocycles. The first kappa shape index (κ1) is 24.5. The lowest BCUT2D eigenvalue weighted by Gasteiger charge is -2.31. The molecule has 1 aliphatic heterocycles. The number of amides is 2. The lowest BCUT2D eigenvalue weighted by atomic mass is 9.78. The normalized spacial score (nSPS) is 19.9. The van der Waals surface area contributed by atoms with E-state index in [-0.39, 0.29) is 11.8 Å². The Balaban J connectivity index is 1.36. The molecule has 2 aromatic carbocycles. The van der Waals surface area contributed by atoms with E-state index < -0.39 is 0 Å². The Morgan fingerprint density at radius 1 is 0.912 bits per heavy atom. The van der Waals surface area contributed by atoms with Gasteiger partial charge in [0.05, 0.1) is 22.6 Å². The van der Waals surface area contributed by atoms with E-state index in [0.717, 1.165) is 37.5 Å². The molecule has 0 unspecified atom stereocenters. The number of nitrogens with zero attached hydrogens (tertiary/aromatic N) is 2. The van der Waals surface area contributed by atoms with Crippen LogP contribution in [0.5, 0.6) is 0 Å². The number of carbonyl (C=O) groups excluding carboxylic acids is 2. The van der Waals surface area contributed by atoms with E-state index in [2.05, 4.69) is 24.1 Å². The summed E-state index contributed by atoms with van der Waals surface area (Å²) in [7, 11) is 0. The highest BCUT2D eigenvalue weighted by atomic mass is 16.2. The van der Waals surface area contributed by atoms with Crippen molar-refractivity contribution in [3.05, 3.63) is 54.1 Å². The van der Waals surface area contributed by atoms with Gasteiger partial charge in [-0.25, -0.2) is 0 Å². The third-order valence-corrected chi connectivity index (χ3v) is 7.69. The molecule has 2 aliphatic rings. The third kappa shape index (κ3) is 5.69. The number of benzene rings is 2. The molecule has 2 aromatic rings. The zero-order valence-electron chi connectivity index (χ0n) is 20.8. The topological polar surface area (TPSA) is 52.7 Å². The Morgan fingerprint density at radius 3 is 2.29 bits per heavy atom. The number of hydrogen-bond acceptors (Lipinski definition) is 3. The van der Waals surface area contributed by atoms with Gasteiger partial charge < -0.3 is 10.2 Å². The minimum atomic E-state index is -0.167. The zero-order valence-corrected chi connectivity index (χ0v) is 20.8. The fourth-order valence-electron chi connectivity index (χ4n) is 5.59. The molecule has 0 bridgehead atoms. The van der Waals surface area contributed by atoms with Gasteiger partial charge in [0.15, 0.2) is 0 Å². The summed E-state index contributed by atoms with van der Waals surface area (Å²) in [6.07, 6.45) is 9.18. The molecule has 1 heterocycles. The van der Waals surface area contributed by atoms with Crippen LogP contribution in [0.1, 0.15) is 75.6 Å². The van der Waals surface area contributed by atoms with Gasteiger partial charge >= 0.3 is 0 Å². The van der Waals surface area contributed by atoms with Crippen molar-refractivity contribution in [2.45, 2.75) is 65.2 Å². The molecule has 5 heteroatoms. The molecule has 1 fully saturated rings. The Morgan fingerprint density at radius 2 is 1.56 bits per heavy atom. The van der Waals surface area contributed by atoms with Gasteiger partial charge in [-0.2, -0.15) is 0 Å². The number of fused-ring (bicyclic) bond motifs is 2. The van der Waals surface area contributed by atoms with Crippen LogP contribution in [-0.4, -0.2) is 36.3 Å². The summed E-state index contributed by atoms with van der Waals surface area (Å²) in [4.78, 5) is 30.7. The zero-order chi connectivity index (χ0) is 23.9. The number of anilines is 3. The van der Waals surface area contributed by atoms with Crippen molar-refractivity contribution >= 4 is 28.9 Å². The summed E-state index contributed by atoms with van der Waals surface area (Å²) < 4.78 is 0. The van der Waals surface area contributed by atoms with Crippen molar-refractivity contribution in [2.75, 3.05) is 29.9 Å². The summed E-state index contributed by atoms with van der Waals surface area (Å²) in [6, 6.07) is 15.0. The molecule has 0 radical (unpaired) electrons. The second-order valence-electron chi connectivity index (χ2n) is 9.83. The maximum atomic E-state index is 13.6. The van der Waals surface area contributed by atoms with Crippen LogP contribution in [0.25, 0.3) is 0 Å². The van der Waals surface area contributed by atoms with Crippen LogP contribution in [0.15, 0.2) is 48.5 Å². The van der Waals surface area contributed by atoms with Crippen molar-refractivity contribution in [3.8, 4) is 0 Å². The van der Waals surface area contributed by atoms with Gasteiger partial charge in [0.2, 0.25) is 5.91 Å². The van der Waals surface area contributed by atoms with Crippen molar-refractivity contribution in [1.82, 2.24) is 4.90 Å². The number of carbonyl (C=O) groups is 2. The van der Waals surface area contributed by atoms with Gasteiger partial charge in [0.1, 0.15) is 0 Å². The van der Waals surface area contributed by atoms with Gasteiger partial charge in [0, 0.05) is 6.42 Å². The van der Waals surface area contributed by atoms with Crippen LogP contribution in [0.3, 0.4) is 0 Å². The van der Waals surface area contributed by atoms with Gasteiger partial charge in [0.25, 0.3) is 5.91 Å². The number of nitrogens with one attached hydrogen (secondary N) is 1. The van der Waals surface area contributed by atoms with Crippen LogP contribution in [-0.2, 0) is 4.79 Å².